The van der Waals surface area contributed by atoms with Crippen molar-refractivity contribution in [3.8, 4) is 5.75 Å². The largest absolute Gasteiger partial charge is 0.489 e. The zero-order valence-corrected chi connectivity index (χ0v) is 18.4. The molecule has 1 atom stereocenters. The first-order chi connectivity index (χ1) is 15.7. The van der Waals surface area contributed by atoms with Crippen molar-refractivity contribution in [3.63, 3.8) is 0 Å². The summed E-state index contributed by atoms with van der Waals surface area (Å²) in [5, 5.41) is 0. The first-order valence-electron chi connectivity index (χ1n) is 11.2. The van der Waals surface area contributed by atoms with Crippen molar-refractivity contribution in [1.29, 1.82) is 0 Å². The van der Waals surface area contributed by atoms with E-state index < -0.39 is 6.04 Å². The molecule has 0 unspecified atom stereocenters. The van der Waals surface area contributed by atoms with Gasteiger partial charge in [-0.05, 0) is 35.2 Å². The predicted molar refractivity (Wildman–Crippen MR) is 127 cm³/mol. The van der Waals surface area contributed by atoms with E-state index in [0.717, 1.165) is 49.6 Å². The van der Waals surface area contributed by atoms with Crippen LogP contribution in [0, 0.1) is 0 Å². The maximum Gasteiger partial charge on any atom is 0.239 e. The van der Waals surface area contributed by atoms with Crippen LogP contribution in [0.25, 0.3) is 0 Å². The van der Waals surface area contributed by atoms with Gasteiger partial charge in [0.25, 0.3) is 0 Å². The Labute approximate surface area is 190 Å². The second-order valence-electron chi connectivity index (χ2n) is 8.32. The first kappa shape index (κ1) is 22.1. The van der Waals surface area contributed by atoms with Crippen molar-refractivity contribution in [3.05, 3.63) is 102 Å². The molecule has 3 aromatic carbocycles. The third kappa shape index (κ3) is 6.19. The van der Waals surface area contributed by atoms with Crippen molar-refractivity contribution in [1.82, 2.24) is 9.80 Å². The number of hydrogen-bond acceptors (Lipinski definition) is 4. The lowest BCUT2D eigenvalue weighted by molar-refractivity contribution is -0.134. The summed E-state index contributed by atoms with van der Waals surface area (Å²) < 4.78 is 5.84. The van der Waals surface area contributed by atoms with Gasteiger partial charge < -0.3 is 15.4 Å². The summed E-state index contributed by atoms with van der Waals surface area (Å²) in [5.74, 6) is 0.848. The van der Waals surface area contributed by atoms with Crippen LogP contribution >= 0.6 is 0 Å². The number of rotatable bonds is 8. The molecule has 32 heavy (non-hydrogen) atoms. The highest BCUT2D eigenvalue weighted by molar-refractivity contribution is 5.82. The van der Waals surface area contributed by atoms with Crippen LogP contribution in [0.4, 0.5) is 0 Å². The van der Waals surface area contributed by atoms with Crippen LogP contribution in [-0.2, 0) is 24.4 Å². The number of benzene rings is 3. The third-order valence-corrected chi connectivity index (χ3v) is 5.88. The summed E-state index contributed by atoms with van der Waals surface area (Å²) in [6.07, 6.45) is 0.530. The van der Waals surface area contributed by atoms with Crippen LogP contribution in [0.2, 0.25) is 0 Å². The van der Waals surface area contributed by atoms with E-state index in [4.69, 9.17) is 10.5 Å². The molecule has 166 valence electrons. The molecule has 0 saturated carbocycles. The van der Waals surface area contributed by atoms with Crippen LogP contribution in [0.1, 0.15) is 16.7 Å². The average molecular weight is 430 g/mol. The monoisotopic (exact) mass is 429 g/mol. The highest BCUT2D eigenvalue weighted by Gasteiger charge is 2.25. The standard InChI is InChI=1S/C27H31N3O2/c28-26(19-22-11-13-25(14-12-22)32-21-24-9-5-2-6-10-24)27(31)30-17-15-29(16-18-30)20-23-7-3-1-4-8-23/h1-14,26H,15-21,28H2/t26-/m0/s1. The number of ether oxygens (including phenoxy) is 1. The van der Waals surface area contributed by atoms with Crippen molar-refractivity contribution in [2.24, 2.45) is 5.73 Å². The fourth-order valence-electron chi connectivity index (χ4n) is 4.01. The smallest absolute Gasteiger partial charge is 0.239 e. The quantitative estimate of drug-likeness (QED) is 0.596. The molecule has 1 saturated heterocycles. The van der Waals surface area contributed by atoms with E-state index in [1.54, 1.807) is 0 Å². The molecule has 1 heterocycles. The molecule has 1 fully saturated rings. The van der Waals surface area contributed by atoms with Crippen molar-refractivity contribution in [2.45, 2.75) is 25.6 Å². The molecule has 1 aliphatic rings. The number of amides is 1. The van der Waals surface area contributed by atoms with Crippen molar-refractivity contribution >= 4 is 5.91 Å². The molecule has 0 bridgehead atoms. The minimum Gasteiger partial charge on any atom is -0.489 e. The Balaban J connectivity index is 1.22. The molecular formula is C27H31N3O2. The van der Waals surface area contributed by atoms with Crippen molar-refractivity contribution in [2.75, 3.05) is 26.2 Å². The van der Waals surface area contributed by atoms with E-state index in [1.165, 1.54) is 5.56 Å². The van der Waals surface area contributed by atoms with Gasteiger partial charge in [0, 0.05) is 32.7 Å². The number of nitrogens with zero attached hydrogens (tertiary/aromatic N) is 2. The molecule has 5 heteroatoms. The Morgan fingerprint density at radius 3 is 2.00 bits per heavy atom. The number of carbonyl (C=O) groups is 1. The second kappa shape index (κ2) is 10.9. The number of hydrogen-bond donors (Lipinski definition) is 1. The minimum atomic E-state index is -0.522. The van der Waals surface area contributed by atoms with Crippen LogP contribution in [0.5, 0.6) is 5.75 Å². The number of nitrogens with two attached hydrogens (primary N) is 1. The molecule has 0 aromatic heterocycles. The van der Waals surface area contributed by atoms with Gasteiger partial charge in [0.15, 0.2) is 0 Å². The van der Waals surface area contributed by atoms with E-state index >= 15 is 0 Å². The molecule has 1 aliphatic heterocycles. The van der Waals surface area contributed by atoms with Gasteiger partial charge in [-0.2, -0.15) is 0 Å². The predicted octanol–water partition coefficient (Wildman–Crippen LogP) is 3.48. The molecule has 0 spiro atoms. The normalized spacial score (nSPS) is 15.3. The fourth-order valence-corrected chi connectivity index (χ4v) is 4.01. The van der Waals surface area contributed by atoms with Crippen LogP contribution < -0.4 is 10.5 Å². The lowest BCUT2D eigenvalue weighted by atomic mass is 10.0. The molecule has 1 amide bonds. The highest BCUT2D eigenvalue weighted by Crippen LogP contribution is 2.16. The molecule has 0 radical (unpaired) electrons. The third-order valence-electron chi connectivity index (χ3n) is 5.88. The topological polar surface area (TPSA) is 58.8 Å². The van der Waals surface area contributed by atoms with Gasteiger partial charge in [-0.1, -0.05) is 72.8 Å². The van der Waals surface area contributed by atoms with Crippen LogP contribution in [-0.4, -0.2) is 47.9 Å². The zero-order valence-electron chi connectivity index (χ0n) is 18.4. The molecule has 0 aliphatic carbocycles. The van der Waals surface area contributed by atoms with Gasteiger partial charge in [0.2, 0.25) is 5.91 Å². The van der Waals surface area contributed by atoms with Gasteiger partial charge in [0.1, 0.15) is 12.4 Å². The molecule has 3 aromatic rings. The fraction of sp³-hybridized carbons (Fsp3) is 0.296. The summed E-state index contributed by atoms with van der Waals surface area (Å²) in [6, 6.07) is 27.9. The Hall–Kier alpha value is -3.15. The van der Waals surface area contributed by atoms with Gasteiger partial charge in [-0.15, -0.1) is 0 Å². The van der Waals surface area contributed by atoms with E-state index in [2.05, 4.69) is 29.2 Å². The molecular weight excluding hydrogens is 398 g/mol. The lowest BCUT2D eigenvalue weighted by Gasteiger charge is -2.36. The summed E-state index contributed by atoms with van der Waals surface area (Å²) in [4.78, 5) is 17.1. The number of piperazine rings is 1. The highest BCUT2D eigenvalue weighted by atomic mass is 16.5. The molecule has 2 N–H and O–H groups in total. The SMILES string of the molecule is N[C@@H](Cc1ccc(OCc2ccccc2)cc1)C(=O)N1CCN(Cc2ccccc2)CC1. The summed E-state index contributed by atoms with van der Waals surface area (Å²) in [5.41, 5.74) is 9.76. The Bertz CT molecular complexity index is 969. The average Bonchev–Trinajstić information content (AvgIpc) is 2.85. The van der Waals surface area contributed by atoms with Crippen molar-refractivity contribution < 1.29 is 9.53 Å². The maximum atomic E-state index is 12.9. The van der Waals surface area contributed by atoms with Gasteiger partial charge >= 0.3 is 0 Å². The second-order valence-corrected chi connectivity index (χ2v) is 8.32. The van der Waals surface area contributed by atoms with Crippen LogP contribution in [0.3, 0.4) is 0 Å². The van der Waals surface area contributed by atoms with E-state index in [-0.39, 0.29) is 5.91 Å². The van der Waals surface area contributed by atoms with E-state index in [0.29, 0.717) is 13.0 Å². The Kier molecular flexibility index (Phi) is 7.54. The van der Waals surface area contributed by atoms with Gasteiger partial charge in [0.05, 0.1) is 6.04 Å². The first-order valence-corrected chi connectivity index (χ1v) is 11.2. The summed E-state index contributed by atoms with van der Waals surface area (Å²) >= 11 is 0. The van der Waals surface area contributed by atoms with E-state index in [9.17, 15) is 4.79 Å². The summed E-state index contributed by atoms with van der Waals surface area (Å²) in [7, 11) is 0. The van der Waals surface area contributed by atoms with Crippen LogP contribution in [0.15, 0.2) is 84.9 Å². The molecule has 4 rings (SSSR count). The minimum absolute atomic E-state index is 0.0359. The van der Waals surface area contributed by atoms with E-state index in [1.807, 2.05) is 65.6 Å². The summed E-state index contributed by atoms with van der Waals surface area (Å²) in [6.45, 7) is 4.67. The molecule has 5 nitrogen and oxygen atoms in total. The maximum absolute atomic E-state index is 12.9. The van der Waals surface area contributed by atoms with Gasteiger partial charge in [-0.25, -0.2) is 0 Å². The zero-order chi connectivity index (χ0) is 22.2. The van der Waals surface area contributed by atoms with Gasteiger partial charge in [-0.3, -0.25) is 9.69 Å². The Morgan fingerprint density at radius 2 is 1.38 bits per heavy atom. The Morgan fingerprint density at radius 1 is 0.781 bits per heavy atom. The number of carbonyl (C=O) groups excluding carboxylic acids is 1. The lowest BCUT2D eigenvalue weighted by Crippen LogP contribution is -2.53.